The lowest BCUT2D eigenvalue weighted by Gasteiger charge is -2.37. The van der Waals surface area contributed by atoms with Crippen molar-refractivity contribution in [1.29, 1.82) is 0 Å². The number of carbonyl (C=O) groups is 3. The molecule has 1 aliphatic rings. The maximum atomic E-state index is 11.7. The summed E-state index contributed by atoms with van der Waals surface area (Å²) in [6.07, 6.45) is 2.95. The van der Waals surface area contributed by atoms with Crippen LogP contribution in [0.3, 0.4) is 0 Å². The monoisotopic (exact) mass is 298 g/mol. The molecule has 0 aromatic rings. The van der Waals surface area contributed by atoms with Gasteiger partial charge in [-0.15, -0.1) is 0 Å². The van der Waals surface area contributed by atoms with Crippen LogP contribution in [0, 0.1) is 11.3 Å². The molecule has 0 saturated carbocycles. The van der Waals surface area contributed by atoms with Crippen molar-refractivity contribution >= 4 is 30.4 Å². The SMILES string of the molecule is CC(C)(S)CC(C(N)=O)C(C)(C)CN1C(=O)C=CC1=O. The van der Waals surface area contributed by atoms with Crippen molar-refractivity contribution in [2.24, 2.45) is 17.1 Å². The molecule has 1 heterocycles. The minimum absolute atomic E-state index is 0.162. The van der Waals surface area contributed by atoms with Crippen LogP contribution in [0.25, 0.3) is 0 Å². The third-order valence-corrected chi connectivity index (χ3v) is 3.64. The molecule has 0 aliphatic carbocycles. The molecule has 112 valence electrons. The Bertz CT molecular complexity index is 446. The molecule has 1 unspecified atom stereocenters. The van der Waals surface area contributed by atoms with Crippen LogP contribution in [-0.2, 0) is 14.4 Å². The quantitative estimate of drug-likeness (QED) is 0.570. The van der Waals surface area contributed by atoms with E-state index in [0.29, 0.717) is 6.42 Å². The van der Waals surface area contributed by atoms with Gasteiger partial charge in [0.1, 0.15) is 0 Å². The molecule has 0 radical (unpaired) electrons. The Morgan fingerprint density at radius 1 is 1.25 bits per heavy atom. The minimum atomic E-state index is -0.608. The van der Waals surface area contributed by atoms with Crippen molar-refractivity contribution in [3.63, 3.8) is 0 Å². The summed E-state index contributed by atoms with van der Waals surface area (Å²) in [5, 5.41) is 0. The van der Waals surface area contributed by atoms with E-state index < -0.39 is 17.2 Å². The average Bonchev–Trinajstić information content (AvgIpc) is 2.55. The molecular formula is C14H22N2O3S. The van der Waals surface area contributed by atoms with Crippen LogP contribution in [0.4, 0.5) is 0 Å². The topological polar surface area (TPSA) is 80.5 Å². The number of nitrogens with two attached hydrogens (primary N) is 1. The largest absolute Gasteiger partial charge is 0.369 e. The predicted octanol–water partition coefficient (Wildman–Crippen LogP) is 1.14. The molecule has 20 heavy (non-hydrogen) atoms. The summed E-state index contributed by atoms with van der Waals surface area (Å²) in [6.45, 7) is 7.63. The van der Waals surface area contributed by atoms with E-state index >= 15 is 0 Å². The Hall–Kier alpha value is -1.30. The van der Waals surface area contributed by atoms with Gasteiger partial charge in [-0.3, -0.25) is 19.3 Å². The highest BCUT2D eigenvalue weighted by atomic mass is 32.1. The number of nitrogens with zero attached hydrogens (tertiary/aromatic N) is 1. The van der Waals surface area contributed by atoms with Gasteiger partial charge < -0.3 is 5.73 Å². The van der Waals surface area contributed by atoms with Crippen LogP contribution in [0.15, 0.2) is 12.2 Å². The Morgan fingerprint density at radius 3 is 2.05 bits per heavy atom. The van der Waals surface area contributed by atoms with E-state index in [9.17, 15) is 14.4 Å². The first kappa shape index (κ1) is 16.8. The summed E-state index contributed by atoms with van der Waals surface area (Å²) in [5.41, 5.74) is 4.89. The van der Waals surface area contributed by atoms with Gasteiger partial charge in [-0.2, -0.15) is 12.6 Å². The van der Waals surface area contributed by atoms with Crippen LogP contribution in [0.1, 0.15) is 34.1 Å². The zero-order valence-electron chi connectivity index (χ0n) is 12.3. The average molecular weight is 298 g/mol. The van der Waals surface area contributed by atoms with E-state index in [2.05, 4.69) is 12.6 Å². The fourth-order valence-electron chi connectivity index (χ4n) is 2.37. The second-order valence-corrected chi connectivity index (χ2v) is 7.77. The van der Waals surface area contributed by atoms with E-state index in [0.717, 1.165) is 4.90 Å². The fourth-order valence-corrected chi connectivity index (χ4v) is 2.55. The Balaban J connectivity index is 2.91. The minimum Gasteiger partial charge on any atom is -0.369 e. The van der Waals surface area contributed by atoms with Gasteiger partial charge in [0.2, 0.25) is 5.91 Å². The van der Waals surface area contributed by atoms with Crippen LogP contribution in [-0.4, -0.2) is 33.9 Å². The molecule has 1 rings (SSSR count). The fraction of sp³-hybridized carbons (Fsp3) is 0.643. The summed E-state index contributed by atoms with van der Waals surface area (Å²) in [5.74, 6) is -1.62. The van der Waals surface area contributed by atoms with Gasteiger partial charge in [0, 0.05) is 29.4 Å². The molecular weight excluding hydrogens is 276 g/mol. The van der Waals surface area contributed by atoms with Gasteiger partial charge >= 0.3 is 0 Å². The molecule has 3 amide bonds. The van der Waals surface area contributed by atoms with Crippen molar-refractivity contribution in [2.75, 3.05) is 6.54 Å². The molecule has 0 saturated heterocycles. The van der Waals surface area contributed by atoms with Crippen LogP contribution in [0.2, 0.25) is 0 Å². The highest BCUT2D eigenvalue weighted by molar-refractivity contribution is 7.81. The summed E-state index contributed by atoms with van der Waals surface area (Å²) in [6, 6.07) is 0. The molecule has 0 bridgehead atoms. The lowest BCUT2D eigenvalue weighted by molar-refractivity contribution is -0.141. The number of hydrogen-bond acceptors (Lipinski definition) is 4. The molecule has 2 N–H and O–H groups in total. The summed E-state index contributed by atoms with van der Waals surface area (Å²) >= 11 is 4.44. The molecule has 6 heteroatoms. The lowest BCUT2D eigenvalue weighted by Crippen LogP contribution is -2.47. The van der Waals surface area contributed by atoms with Crippen molar-refractivity contribution in [3.8, 4) is 0 Å². The van der Waals surface area contributed by atoms with Gasteiger partial charge in [-0.1, -0.05) is 27.7 Å². The first-order valence-corrected chi connectivity index (χ1v) is 6.94. The van der Waals surface area contributed by atoms with E-state index in [1.165, 1.54) is 12.2 Å². The van der Waals surface area contributed by atoms with Crippen molar-refractivity contribution in [1.82, 2.24) is 4.90 Å². The van der Waals surface area contributed by atoms with Gasteiger partial charge in [0.15, 0.2) is 0 Å². The molecule has 0 aromatic heterocycles. The second-order valence-electron chi connectivity index (χ2n) is 6.56. The first-order chi connectivity index (χ1) is 8.94. The standard InChI is InChI=1S/C14H22N2O3S/c1-13(2,8-16-10(17)5-6-11(16)18)9(12(15)19)7-14(3,4)20/h5-6,9,20H,7-8H2,1-4H3,(H2,15,19). The van der Waals surface area contributed by atoms with Crippen LogP contribution < -0.4 is 5.73 Å². The highest BCUT2D eigenvalue weighted by Crippen LogP contribution is 2.36. The van der Waals surface area contributed by atoms with Crippen molar-refractivity contribution in [2.45, 2.75) is 38.9 Å². The maximum absolute atomic E-state index is 11.7. The lowest BCUT2D eigenvalue weighted by atomic mass is 9.73. The Kier molecular flexibility index (Phi) is 4.69. The molecule has 0 fully saturated rings. The zero-order chi connectivity index (χ0) is 15.7. The molecule has 5 nitrogen and oxygen atoms in total. The number of rotatable bonds is 6. The van der Waals surface area contributed by atoms with Crippen LogP contribution >= 0.6 is 12.6 Å². The van der Waals surface area contributed by atoms with Gasteiger partial charge in [-0.05, 0) is 11.8 Å². The number of imide groups is 1. The first-order valence-electron chi connectivity index (χ1n) is 6.49. The summed E-state index contributed by atoms with van der Waals surface area (Å²) in [4.78, 5) is 36.1. The van der Waals surface area contributed by atoms with Gasteiger partial charge in [0.25, 0.3) is 11.8 Å². The maximum Gasteiger partial charge on any atom is 0.253 e. The van der Waals surface area contributed by atoms with E-state index in [1.54, 1.807) is 0 Å². The Morgan fingerprint density at radius 2 is 1.70 bits per heavy atom. The van der Waals surface area contributed by atoms with Gasteiger partial charge in [0.05, 0.1) is 0 Å². The molecule has 0 spiro atoms. The normalized spacial score (nSPS) is 17.8. The van der Waals surface area contributed by atoms with E-state index in [4.69, 9.17) is 5.73 Å². The predicted molar refractivity (Wildman–Crippen MR) is 80.0 cm³/mol. The molecule has 1 atom stereocenters. The summed E-state index contributed by atoms with van der Waals surface area (Å²) < 4.78 is -0.367. The van der Waals surface area contributed by atoms with Crippen molar-refractivity contribution < 1.29 is 14.4 Å². The number of thiol groups is 1. The zero-order valence-corrected chi connectivity index (χ0v) is 13.2. The van der Waals surface area contributed by atoms with Gasteiger partial charge in [-0.25, -0.2) is 0 Å². The smallest absolute Gasteiger partial charge is 0.253 e. The number of carbonyl (C=O) groups excluding carboxylic acids is 3. The van der Waals surface area contributed by atoms with Crippen LogP contribution in [0.5, 0.6) is 0 Å². The highest BCUT2D eigenvalue weighted by Gasteiger charge is 2.40. The number of hydrogen-bond donors (Lipinski definition) is 2. The Labute approximate surface area is 125 Å². The second kappa shape index (κ2) is 5.60. The van der Waals surface area contributed by atoms with Crippen molar-refractivity contribution in [3.05, 3.63) is 12.2 Å². The molecule has 0 aromatic carbocycles. The van der Waals surface area contributed by atoms with E-state index in [1.807, 2.05) is 27.7 Å². The number of primary amides is 1. The molecule has 1 aliphatic heterocycles. The summed E-state index contributed by atoms with van der Waals surface area (Å²) in [7, 11) is 0. The van der Waals surface area contributed by atoms with E-state index in [-0.39, 0.29) is 23.1 Å². The third-order valence-electron chi connectivity index (χ3n) is 3.46. The third kappa shape index (κ3) is 4.10. The number of amides is 3.